The molecule has 0 aliphatic carbocycles. The third-order valence-electron chi connectivity index (χ3n) is 2.49. The molecule has 0 saturated heterocycles. The van der Waals surface area contributed by atoms with Crippen LogP contribution < -0.4 is 4.74 Å². The summed E-state index contributed by atoms with van der Waals surface area (Å²) in [5, 5.41) is 14.9. The minimum Gasteiger partial charge on any atom is -0.490 e. The fourth-order valence-electron chi connectivity index (χ4n) is 1.67. The number of nitrogens with zero attached hydrogens (tertiary/aromatic N) is 4. The Morgan fingerprint density at radius 3 is 2.95 bits per heavy atom. The van der Waals surface area contributed by atoms with Crippen LogP contribution in [0.3, 0.4) is 0 Å². The molecular formula is C11H11FN4O3. The molecule has 7 nitrogen and oxygen atoms in total. The van der Waals surface area contributed by atoms with Crippen molar-refractivity contribution < 1.29 is 14.1 Å². The number of hydrogen-bond donors (Lipinski definition) is 0. The van der Waals surface area contributed by atoms with Gasteiger partial charge < -0.3 is 4.74 Å². The van der Waals surface area contributed by atoms with Gasteiger partial charge >= 0.3 is 5.69 Å². The molecule has 0 spiro atoms. The smallest absolute Gasteiger partial charge is 0.311 e. The van der Waals surface area contributed by atoms with E-state index in [0.29, 0.717) is 5.56 Å². The summed E-state index contributed by atoms with van der Waals surface area (Å²) in [6, 6.07) is 4.47. The highest BCUT2D eigenvalue weighted by molar-refractivity contribution is 5.70. The highest BCUT2D eigenvalue weighted by Gasteiger charge is 2.21. The molecule has 1 aromatic heterocycles. The number of nitro groups is 1. The Hall–Kier alpha value is -2.51. The second-order valence-electron chi connectivity index (χ2n) is 3.64. The fourth-order valence-corrected chi connectivity index (χ4v) is 1.67. The molecule has 0 amide bonds. The molecule has 2 aromatic rings. The number of benzene rings is 1. The van der Waals surface area contributed by atoms with Gasteiger partial charge in [0, 0.05) is 6.07 Å². The summed E-state index contributed by atoms with van der Waals surface area (Å²) < 4.78 is 18.6. The molecule has 0 N–H and O–H groups in total. The van der Waals surface area contributed by atoms with Gasteiger partial charge in [-0.15, -0.1) is 0 Å². The van der Waals surface area contributed by atoms with Gasteiger partial charge in [-0.05, 0) is 6.07 Å². The Balaban J connectivity index is 2.48. The van der Waals surface area contributed by atoms with E-state index in [2.05, 4.69) is 10.1 Å². The summed E-state index contributed by atoms with van der Waals surface area (Å²) in [5.41, 5.74) is 0.233. The summed E-state index contributed by atoms with van der Waals surface area (Å²) in [6.45, 7) is -0.473. The van der Waals surface area contributed by atoms with Crippen molar-refractivity contribution >= 4 is 5.69 Å². The number of alkyl halides is 1. The molecule has 0 fully saturated rings. The normalized spacial score (nSPS) is 10.4. The van der Waals surface area contributed by atoms with Crippen LogP contribution >= 0.6 is 0 Å². The van der Waals surface area contributed by atoms with E-state index in [9.17, 15) is 14.5 Å². The van der Waals surface area contributed by atoms with E-state index in [1.807, 2.05) is 0 Å². The van der Waals surface area contributed by atoms with Crippen molar-refractivity contribution in [2.45, 2.75) is 6.54 Å². The van der Waals surface area contributed by atoms with Crippen LogP contribution in [0.2, 0.25) is 0 Å². The van der Waals surface area contributed by atoms with Crippen LogP contribution in [0, 0.1) is 10.1 Å². The average molecular weight is 266 g/mol. The van der Waals surface area contributed by atoms with Crippen molar-refractivity contribution in [3.8, 4) is 17.1 Å². The minimum absolute atomic E-state index is 0.0875. The highest BCUT2D eigenvalue weighted by Crippen LogP contribution is 2.35. The summed E-state index contributed by atoms with van der Waals surface area (Å²) in [6.07, 6.45) is 1.37. The van der Waals surface area contributed by atoms with Crippen LogP contribution in [0.5, 0.6) is 5.75 Å². The third kappa shape index (κ3) is 2.51. The highest BCUT2D eigenvalue weighted by atomic mass is 19.1. The first-order valence-corrected chi connectivity index (χ1v) is 5.44. The number of nitro benzene ring substituents is 1. The zero-order chi connectivity index (χ0) is 13.8. The fraction of sp³-hybridized carbons (Fsp3) is 0.273. The van der Waals surface area contributed by atoms with E-state index in [-0.39, 0.29) is 23.8 Å². The summed E-state index contributed by atoms with van der Waals surface area (Å²) in [5.74, 6) is 0.347. The second kappa shape index (κ2) is 5.42. The number of halogens is 1. The Bertz CT molecular complexity index is 599. The van der Waals surface area contributed by atoms with Crippen LogP contribution in [0.15, 0.2) is 24.5 Å². The molecule has 0 atom stereocenters. The Labute approximate surface area is 107 Å². The van der Waals surface area contributed by atoms with E-state index >= 15 is 0 Å². The van der Waals surface area contributed by atoms with Crippen LogP contribution in [0.4, 0.5) is 10.1 Å². The average Bonchev–Trinajstić information content (AvgIpc) is 2.86. The second-order valence-corrected chi connectivity index (χ2v) is 3.64. The number of hydrogen-bond acceptors (Lipinski definition) is 5. The molecule has 8 heteroatoms. The number of para-hydroxylation sites is 1. The summed E-state index contributed by atoms with van der Waals surface area (Å²) in [7, 11) is 1.34. The lowest BCUT2D eigenvalue weighted by atomic mass is 10.1. The van der Waals surface area contributed by atoms with Crippen molar-refractivity contribution in [2.24, 2.45) is 0 Å². The SMILES string of the molecule is COc1c(-c2ncn(CCF)n2)cccc1[N+](=O)[O-]. The molecule has 2 rings (SSSR count). The van der Waals surface area contributed by atoms with Crippen molar-refractivity contribution in [1.82, 2.24) is 14.8 Å². The lowest BCUT2D eigenvalue weighted by molar-refractivity contribution is -0.385. The number of ether oxygens (including phenoxy) is 1. The van der Waals surface area contributed by atoms with Gasteiger partial charge in [-0.1, -0.05) is 6.07 Å². The molecule has 0 saturated carbocycles. The number of aryl methyl sites for hydroxylation is 1. The zero-order valence-corrected chi connectivity index (χ0v) is 10.1. The van der Waals surface area contributed by atoms with Gasteiger partial charge in [0.05, 0.1) is 24.1 Å². The minimum atomic E-state index is -0.561. The predicted molar refractivity (Wildman–Crippen MR) is 64.6 cm³/mol. The molecular weight excluding hydrogens is 255 g/mol. The maximum absolute atomic E-state index is 12.2. The van der Waals surface area contributed by atoms with Crippen LogP contribution in [-0.2, 0) is 6.54 Å². The standard InChI is InChI=1S/C11H11FN4O3/c1-19-10-8(3-2-4-9(10)16(17)18)11-13-7-15(14-11)6-5-12/h2-4,7H,5-6H2,1H3. The number of aromatic nitrogens is 3. The Morgan fingerprint density at radius 2 is 2.32 bits per heavy atom. The van der Waals surface area contributed by atoms with E-state index in [1.165, 1.54) is 30.3 Å². The topological polar surface area (TPSA) is 83.1 Å². The number of rotatable bonds is 5. The molecule has 100 valence electrons. The van der Waals surface area contributed by atoms with Gasteiger partial charge in [0.25, 0.3) is 0 Å². The van der Waals surface area contributed by atoms with Gasteiger partial charge in [-0.2, -0.15) is 5.10 Å². The van der Waals surface area contributed by atoms with Crippen molar-refractivity contribution in [3.63, 3.8) is 0 Å². The predicted octanol–water partition coefficient (Wildman–Crippen LogP) is 1.83. The summed E-state index contributed by atoms with van der Waals surface area (Å²) >= 11 is 0. The van der Waals surface area contributed by atoms with Gasteiger partial charge in [-0.25, -0.2) is 14.1 Å². The molecule has 0 unspecified atom stereocenters. The maximum Gasteiger partial charge on any atom is 0.311 e. The van der Waals surface area contributed by atoms with Crippen LogP contribution in [0.1, 0.15) is 0 Å². The van der Waals surface area contributed by atoms with Crippen molar-refractivity contribution in [1.29, 1.82) is 0 Å². The number of methoxy groups -OCH3 is 1. The van der Waals surface area contributed by atoms with E-state index in [0.717, 1.165) is 0 Å². The van der Waals surface area contributed by atoms with Crippen molar-refractivity contribution in [2.75, 3.05) is 13.8 Å². The molecule has 19 heavy (non-hydrogen) atoms. The molecule has 0 bridgehead atoms. The van der Waals surface area contributed by atoms with Gasteiger partial charge in [-0.3, -0.25) is 10.1 Å². The molecule has 1 aromatic carbocycles. The molecule has 0 aliphatic rings. The molecule has 0 radical (unpaired) electrons. The van der Waals surface area contributed by atoms with Gasteiger partial charge in [0.2, 0.25) is 5.75 Å². The largest absolute Gasteiger partial charge is 0.490 e. The Kier molecular flexibility index (Phi) is 3.69. The maximum atomic E-state index is 12.2. The quantitative estimate of drug-likeness (QED) is 0.609. The monoisotopic (exact) mass is 266 g/mol. The van der Waals surface area contributed by atoms with E-state index in [4.69, 9.17) is 4.74 Å². The van der Waals surface area contributed by atoms with Crippen LogP contribution in [0.25, 0.3) is 11.4 Å². The lowest BCUT2D eigenvalue weighted by Crippen LogP contribution is -2.00. The molecule has 0 aliphatic heterocycles. The van der Waals surface area contributed by atoms with Gasteiger partial charge in [0.1, 0.15) is 13.0 Å². The first-order chi connectivity index (χ1) is 9.17. The zero-order valence-electron chi connectivity index (χ0n) is 10.1. The van der Waals surface area contributed by atoms with E-state index in [1.54, 1.807) is 6.07 Å². The van der Waals surface area contributed by atoms with Crippen LogP contribution in [-0.4, -0.2) is 33.5 Å². The lowest BCUT2D eigenvalue weighted by Gasteiger charge is -2.05. The third-order valence-corrected chi connectivity index (χ3v) is 2.49. The first-order valence-electron chi connectivity index (χ1n) is 5.44. The summed E-state index contributed by atoms with van der Waals surface area (Å²) in [4.78, 5) is 14.4. The Morgan fingerprint density at radius 1 is 1.53 bits per heavy atom. The first kappa shape index (κ1) is 12.9. The van der Waals surface area contributed by atoms with Crippen molar-refractivity contribution in [3.05, 3.63) is 34.6 Å². The van der Waals surface area contributed by atoms with Gasteiger partial charge in [0.15, 0.2) is 5.82 Å². The van der Waals surface area contributed by atoms with E-state index < -0.39 is 11.6 Å². The molecule has 1 heterocycles.